The van der Waals surface area contributed by atoms with Gasteiger partial charge in [-0.05, 0) is 0 Å². The molecule has 1 rings (SSSR count). The van der Waals surface area contributed by atoms with Crippen LogP contribution in [0.15, 0.2) is 11.0 Å². The van der Waals surface area contributed by atoms with E-state index in [-0.39, 0.29) is 5.82 Å². The van der Waals surface area contributed by atoms with Crippen molar-refractivity contribution in [3.8, 4) is 0 Å². The fourth-order valence-corrected chi connectivity index (χ4v) is 0.392. The largest absolute Gasteiger partial charge is 0.383 e. The van der Waals surface area contributed by atoms with Crippen molar-refractivity contribution >= 4 is 5.82 Å². The molecule has 0 radical (unpaired) electrons. The van der Waals surface area contributed by atoms with E-state index < -0.39 is 11.5 Å². The molecule has 0 saturated carbocycles. The Kier molecular flexibility index (Phi) is 9.48. The van der Waals surface area contributed by atoms with Crippen LogP contribution in [0.5, 0.6) is 0 Å². The predicted molar refractivity (Wildman–Crippen MR) is 51.9 cm³/mol. The van der Waals surface area contributed by atoms with E-state index in [1.807, 2.05) is 32.7 Å². The number of rotatable bonds is 0. The Morgan fingerprint density at radius 3 is 2.15 bits per heavy atom. The van der Waals surface area contributed by atoms with Gasteiger partial charge < -0.3 is 5.73 Å². The van der Waals surface area contributed by atoms with Gasteiger partial charge in [0.15, 0.2) is 5.82 Å². The number of hydrogen-bond acceptors (Lipinski definition) is 3. The van der Waals surface area contributed by atoms with Gasteiger partial charge in [-0.3, -0.25) is 4.98 Å². The first-order valence-corrected chi connectivity index (χ1v) is 4.20. The minimum absolute atomic E-state index is 0.282. The topological polar surface area (TPSA) is 71.8 Å². The first-order chi connectivity index (χ1) is 6.20. The Hall–Kier alpha value is -1.39. The molecular formula is C8H16FN3O. The average Bonchev–Trinajstić information content (AvgIpc) is 2.18. The lowest BCUT2D eigenvalue weighted by Gasteiger charge is -1.89. The first kappa shape index (κ1) is 14.2. The van der Waals surface area contributed by atoms with Crippen molar-refractivity contribution in [3.05, 3.63) is 22.5 Å². The maximum atomic E-state index is 12.1. The number of nitrogen functional groups attached to an aromatic ring is 1. The summed E-state index contributed by atoms with van der Waals surface area (Å²) in [5.41, 5.74) is 4.31. The van der Waals surface area contributed by atoms with Crippen LogP contribution in [0.3, 0.4) is 0 Å². The number of nitrogens with zero attached hydrogens (tertiary/aromatic N) is 1. The lowest BCUT2D eigenvalue weighted by atomic mass is 10.6. The van der Waals surface area contributed by atoms with Gasteiger partial charge in [0, 0.05) is 0 Å². The van der Waals surface area contributed by atoms with Crippen LogP contribution in [0.2, 0.25) is 0 Å². The number of halogens is 1. The summed E-state index contributed by atoms with van der Waals surface area (Å²) < 4.78 is 12.1. The highest BCUT2D eigenvalue weighted by molar-refractivity contribution is 5.25. The molecule has 0 atom stereocenters. The molecule has 13 heavy (non-hydrogen) atoms. The molecule has 76 valence electrons. The zero-order chi connectivity index (χ0) is 10.9. The lowest BCUT2D eigenvalue weighted by Crippen LogP contribution is -2.12. The van der Waals surface area contributed by atoms with Crippen molar-refractivity contribution in [3.63, 3.8) is 0 Å². The molecule has 3 N–H and O–H groups in total. The Morgan fingerprint density at radius 2 is 1.85 bits per heavy atom. The highest BCUT2D eigenvalue weighted by Crippen LogP contribution is 1.96. The standard InChI is InChI=1S/C4H4FN3O.2C2H6/c5-2-1-7-4(9)8-3(2)6;2*1-2/h1H,(H3,6,7,8,9);2*1-2H3. The number of aromatic nitrogens is 2. The van der Waals surface area contributed by atoms with Crippen molar-refractivity contribution in [2.75, 3.05) is 5.73 Å². The molecule has 0 aliphatic heterocycles. The second kappa shape index (κ2) is 8.70. The molecule has 0 unspecified atom stereocenters. The monoisotopic (exact) mass is 189 g/mol. The molecule has 0 saturated heterocycles. The van der Waals surface area contributed by atoms with Crippen molar-refractivity contribution in [2.45, 2.75) is 27.7 Å². The minimum atomic E-state index is -0.713. The Labute approximate surface area is 77.0 Å². The maximum absolute atomic E-state index is 12.1. The van der Waals surface area contributed by atoms with Gasteiger partial charge in [0.1, 0.15) is 5.82 Å². The Bertz CT molecular complexity index is 272. The number of aromatic amines is 1. The molecule has 1 aromatic rings. The summed E-state index contributed by atoms with van der Waals surface area (Å²) in [5.74, 6) is -0.996. The van der Waals surface area contributed by atoms with Crippen molar-refractivity contribution < 1.29 is 4.39 Å². The van der Waals surface area contributed by atoms with Gasteiger partial charge >= 0.3 is 5.69 Å². The van der Waals surface area contributed by atoms with Crippen LogP contribution in [-0.4, -0.2) is 9.97 Å². The van der Waals surface area contributed by atoms with Gasteiger partial charge in [0.25, 0.3) is 0 Å². The quantitative estimate of drug-likeness (QED) is 0.650. The smallest absolute Gasteiger partial charge is 0.346 e. The van der Waals surface area contributed by atoms with E-state index in [1.165, 1.54) is 0 Å². The summed E-state index contributed by atoms with van der Waals surface area (Å²) in [7, 11) is 0. The highest BCUT2D eigenvalue weighted by atomic mass is 19.1. The van der Waals surface area contributed by atoms with Crippen LogP contribution in [0.1, 0.15) is 27.7 Å². The lowest BCUT2D eigenvalue weighted by molar-refractivity contribution is 0.617. The second-order valence-corrected chi connectivity index (χ2v) is 1.45. The van der Waals surface area contributed by atoms with Crippen LogP contribution >= 0.6 is 0 Å². The number of anilines is 1. The van der Waals surface area contributed by atoms with E-state index in [0.29, 0.717) is 0 Å². The first-order valence-electron chi connectivity index (χ1n) is 4.20. The van der Waals surface area contributed by atoms with Gasteiger partial charge in [0.2, 0.25) is 0 Å². The maximum Gasteiger partial charge on any atom is 0.346 e. The van der Waals surface area contributed by atoms with Gasteiger partial charge in [-0.15, -0.1) is 0 Å². The predicted octanol–water partition coefficient (Wildman–Crippen LogP) is 1.54. The number of nitrogens with two attached hydrogens (primary N) is 1. The van der Waals surface area contributed by atoms with E-state index in [2.05, 4.69) is 4.98 Å². The Morgan fingerprint density at radius 1 is 1.38 bits per heavy atom. The van der Waals surface area contributed by atoms with Crippen molar-refractivity contribution in [2.24, 2.45) is 0 Å². The summed E-state index contributed by atoms with van der Waals surface area (Å²) in [6, 6.07) is 0. The molecule has 0 spiro atoms. The molecule has 0 aliphatic rings. The molecule has 1 aromatic heterocycles. The van der Waals surface area contributed by atoms with Crippen molar-refractivity contribution in [1.29, 1.82) is 0 Å². The van der Waals surface area contributed by atoms with Crippen LogP contribution in [0, 0.1) is 5.82 Å². The zero-order valence-corrected chi connectivity index (χ0v) is 8.39. The summed E-state index contributed by atoms with van der Waals surface area (Å²) in [4.78, 5) is 15.3. The summed E-state index contributed by atoms with van der Waals surface area (Å²) >= 11 is 0. The molecule has 5 heteroatoms. The third-order valence-corrected chi connectivity index (χ3v) is 0.794. The number of hydrogen-bond donors (Lipinski definition) is 2. The van der Waals surface area contributed by atoms with Gasteiger partial charge in [0.05, 0.1) is 6.20 Å². The zero-order valence-electron chi connectivity index (χ0n) is 8.39. The second-order valence-electron chi connectivity index (χ2n) is 1.45. The molecule has 0 amide bonds. The summed E-state index contributed by atoms with van der Waals surface area (Å²) in [5, 5.41) is 0. The molecule has 0 fully saturated rings. The molecule has 4 nitrogen and oxygen atoms in total. The third-order valence-electron chi connectivity index (χ3n) is 0.794. The van der Waals surface area contributed by atoms with Crippen molar-refractivity contribution in [1.82, 2.24) is 9.97 Å². The van der Waals surface area contributed by atoms with Crippen LogP contribution in [0.4, 0.5) is 10.2 Å². The van der Waals surface area contributed by atoms with Gasteiger partial charge in [-0.1, -0.05) is 27.7 Å². The van der Waals surface area contributed by atoms with Crippen LogP contribution < -0.4 is 11.4 Å². The number of H-pyrrole nitrogens is 1. The molecule has 0 aromatic carbocycles. The Balaban J connectivity index is 0. The molecule has 0 bridgehead atoms. The van der Waals surface area contributed by atoms with E-state index in [9.17, 15) is 9.18 Å². The molecule has 1 heterocycles. The van der Waals surface area contributed by atoms with Crippen LogP contribution in [-0.2, 0) is 0 Å². The fourth-order valence-electron chi connectivity index (χ4n) is 0.392. The minimum Gasteiger partial charge on any atom is -0.383 e. The van der Waals surface area contributed by atoms with E-state index in [4.69, 9.17) is 5.73 Å². The van der Waals surface area contributed by atoms with E-state index in [0.717, 1.165) is 6.20 Å². The fraction of sp³-hybridized carbons (Fsp3) is 0.500. The third kappa shape index (κ3) is 5.84. The van der Waals surface area contributed by atoms with Crippen LogP contribution in [0.25, 0.3) is 0 Å². The molecular weight excluding hydrogens is 173 g/mol. The highest BCUT2D eigenvalue weighted by Gasteiger charge is 1.95. The molecule has 0 aliphatic carbocycles. The van der Waals surface area contributed by atoms with Gasteiger partial charge in [-0.2, -0.15) is 4.98 Å². The average molecular weight is 189 g/mol. The summed E-state index contributed by atoms with van der Waals surface area (Å²) in [6.07, 6.45) is 0.772. The van der Waals surface area contributed by atoms with Gasteiger partial charge in [-0.25, -0.2) is 9.18 Å². The van der Waals surface area contributed by atoms with E-state index >= 15 is 0 Å². The summed E-state index contributed by atoms with van der Waals surface area (Å²) in [6.45, 7) is 8.00. The van der Waals surface area contributed by atoms with E-state index in [1.54, 1.807) is 0 Å². The normalized spacial score (nSPS) is 7.46. The SMILES string of the molecule is CC.CC.Nc1[nH]c(=O)ncc1F. The number of nitrogens with one attached hydrogen (secondary N) is 1.